The van der Waals surface area contributed by atoms with Crippen LogP contribution < -0.4 is 5.32 Å². The number of carboxylic acids is 1. The molecule has 20 heavy (non-hydrogen) atoms. The summed E-state index contributed by atoms with van der Waals surface area (Å²) >= 11 is 0. The van der Waals surface area contributed by atoms with Crippen molar-refractivity contribution in [2.24, 2.45) is 0 Å². The van der Waals surface area contributed by atoms with E-state index in [0.29, 0.717) is 11.4 Å². The Morgan fingerprint density at radius 1 is 1.45 bits per heavy atom. The molecule has 1 aromatic carbocycles. The van der Waals surface area contributed by atoms with E-state index >= 15 is 0 Å². The Morgan fingerprint density at radius 2 is 2.20 bits per heavy atom. The Labute approximate surface area is 113 Å². The lowest BCUT2D eigenvalue weighted by atomic mass is 10.2. The van der Waals surface area contributed by atoms with Gasteiger partial charge in [-0.3, -0.25) is 14.9 Å². The maximum atomic E-state index is 10.8. The summed E-state index contributed by atoms with van der Waals surface area (Å²) in [6.45, 7) is -0.0665. The summed E-state index contributed by atoms with van der Waals surface area (Å²) in [6, 6.07) is 6.23. The van der Waals surface area contributed by atoms with Gasteiger partial charge < -0.3 is 10.4 Å². The van der Waals surface area contributed by atoms with Crippen LogP contribution in [0.15, 0.2) is 30.5 Å². The Hall–Kier alpha value is -2.97. The number of nitrogens with zero attached hydrogens (tertiary/aromatic N) is 4. The summed E-state index contributed by atoms with van der Waals surface area (Å²) in [5, 5.41) is 29.7. The zero-order valence-electron chi connectivity index (χ0n) is 10.3. The number of hydrogen-bond donors (Lipinski definition) is 2. The first-order valence-corrected chi connectivity index (χ1v) is 5.64. The van der Waals surface area contributed by atoms with Gasteiger partial charge >= 0.3 is 5.97 Å². The topological polar surface area (TPSA) is 123 Å². The van der Waals surface area contributed by atoms with Crippen molar-refractivity contribution >= 4 is 17.3 Å². The number of hydrogen-bond acceptors (Lipinski definition) is 6. The van der Waals surface area contributed by atoms with Crippen LogP contribution in [0, 0.1) is 10.1 Å². The molecule has 0 aliphatic carbocycles. The molecule has 0 spiro atoms. The maximum absolute atomic E-state index is 10.8. The number of aromatic nitrogens is 3. The van der Waals surface area contributed by atoms with Gasteiger partial charge in [0.1, 0.15) is 17.9 Å². The van der Waals surface area contributed by atoms with E-state index < -0.39 is 10.9 Å². The van der Waals surface area contributed by atoms with Gasteiger partial charge in [-0.1, -0.05) is 17.3 Å². The molecule has 0 fully saturated rings. The fourth-order valence-corrected chi connectivity index (χ4v) is 1.60. The van der Waals surface area contributed by atoms with Crippen molar-refractivity contribution < 1.29 is 14.8 Å². The molecule has 0 atom stereocenters. The van der Waals surface area contributed by atoms with Gasteiger partial charge in [0.25, 0.3) is 5.69 Å². The zero-order chi connectivity index (χ0) is 14.5. The maximum Gasteiger partial charge on any atom is 0.325 e. The Bertz CT molecular complexity index is 639. The highest BCUT2D eigenvalue weighted by Crippen LogP contribution is 2.23. The normalized spacial score (nSPS) is 10.2. The molecule has 9 nitrogen and oxygen atoms in total. The number of nitro benzene ring substituents is 1. The highest BCUT2D eigenvalue weighted by Gasteiger charge is 2.12. The fourth-order valence-electron chi connectivity index (χ4n) is 1.60. The van der Waals surface area contributed by atoms with Crippen LogP contribution in [0.25, 0.3) is 0 Å². The van der Waals surface area contributed by atoms with Crippen molar-refractivity contribution in [2.75, 3.05) is 5.32 Å². The molecular weight excluding hydrogens is 266 g/mol. The molecule has 0 saturated carbocycles. The lowest BCUT2D eigenvalue weighted by Crippen LogP contribution is -2.09. The lowest BCUT2D eigenvalue weighted by Gasteiger charge is -2.04. The highest BCUT2D eigenvalue weighted by molar-refractivity contribution is 5.66. The summed E-state index contributed by atoms with van der Waals surface area (Å²) in [4.78, 5) is 20.8. The van der Waals surface area contributed by atoms with Gasteiger partial charge in [-0.05, 0) is 6.07 Å². The van der Waals surface area contributed by atoms with E-state index in [4.69, 9.17) is 5.11 Å². The van der Waals surface area contributed by atoms with Gasteiger partial charge in [-0.15, -0.1) is 5.10 Å². The van der Waals surface area contributed by atoms with E-state index in [1.165, 1.54) is 16.9 Å². The molecule has 9 heteroatoms. The number of rotatable bonds is 6. The van der Waals surface area contributed by atoms with E-state index in [2.05, 4.69) is 15.6 Å². The Kier molecular flexibility index (Phi) is 3.89. The molecule has 0 bridgehead atoms. The third-order valence-electron chi connectivity index (χ3n) is 2.44. The van der Waals surface area contributed by atoms with Crippen LogP contribution in [0.3, 0.4) is 0 Å². The van der Waals surface area contributed by atoms with Crippen LogP contribution in [-0.4, -0.2) is 31.0 Å². The largest absolute Gasteiger partial charge is 0.480 e. The second-order valence-corrected chi connectivity index (χ2v) is 3.93. The van der Waals surface area contributed by atoms with Crippen molar-refractivity contribution in [3.8, 4) is 0 Å². The lowest BCUT2D eigenvalue weighted by molar-refractivity contribution is -0.384. The van der Waals surface area contributed by atoms with Crippen molar-refractivity contribution in [3.63, 3.8) is 0 Å². The molecule has 104 valence electrons. The summed E-state index contributed by atoms with van der Waals surface area (Å²) in [5.41, 5.74) is 0.820. The predicted octanol–water partition coefficient (Wildman–Crippen LogP) is 0.883. The summed E-state index contributed by atoms with van der Waals surface area (Å²) < 4.78 is 1.18. The van der Waals surface area contributed by atoms with Gasteiger partial charge in [0.05, 0.1) is 17.7 Å². The van der Waals surface area contributed by atoms with Crippen molar-refractivity contribution in [1.82, 2.24) is 15.0 Å². The molecule has 2 aromatic rings. The first-order chi connectivity index (χ1) is 9.56. The van der Waals surface area contributed by atoms with E-state index in [9.17, 15) is 14.9 Å². The molecule has 0 amide bonds. The predicted molar refractivity (Wildman–Crippen MR) is 68.1 cm³/mol. The number of aliphatic carboxylic acids is 1. The number of carbonyl (C=O) groups is 1. The number of carboxylic acid groups (broad SMARTS) is 1. The smallest absolute Gasteiger partial charge is 0.325 e. The fraction of sp³-hybridized carbons (Fsp3) is 0.182. The minimum absolute atomic E-state index is 0.0366. The van der Waals surface area contributed by atoms with Gasteiger partial charge in [-0.2, -0.15) is 0 Å². The minimum Gasteiger partial charge on any atom is -0.480 e. The van der Waals surface area contributed by atoms with Crippen molar-refractivity contribution in [1.29, 1.82) is 0 Å². The van der Waals surface area contributed by atoms with E-state index in [1.54, 1.807) is 18.2 Å². The SMILES string of the molecule is O=C(O)Cn1cc(CNc2ccccc2[N+](=O)[O-])nn1. The highest BCUT2D eigenvalue weighted by atomic mass is 16.6. The first kappa shape index (κ1) is 13.5. The van der Waals surface area contributed by atoms with E-state index in [0.717, 1.165) is 0 Å². The van der Waals surface area contributed by atoms with Crippen LogP contribution in [0.2, 0.25) is 0 Å². The standard InChI is InChI=1S/C11H11N5O4/c17-11(18)7-15-6-8(13-14-15)5-12-9-3-1-2-4-10(9)16(19)20/h1-4,6,12H,5,7H2,(H,17,18). The second kappa shape index (κ2) is 5.78. The van der Waals surface area contributed by atoms with Gasteiger partial charge in [-0.25, -0.2) is 4.68 Å². The van der Waals surface area contributed by atoms with Gasteiger partial charge in [0, 0.05) is 6.07 Å². The molecule has 0 saturated heterocycles. The first-order valence-electron chi connectivity index (χ1n) is 5.64. The van der Waals surface area contributed by atoms with Gasteiger partial charge in [0.2, 0.25) is 0 Å². The monoisotopic (exact) mass is 277 g/mol. The molecule has 2 rings (SSSR count). The van der Waals surface area contributed by atoms with Crippen LogP contribution >= 0.6 is 0 Å². The average Bonchev–Trinajstić information content (AvgIpc) is 2.83. The molecular formula is C11H11N5O4. The zero-order valence-corrected chi connectivity index (χ0v) is 10.3. The van der Waals surface area contributed by atoms with Crippen LogP contribution in [0.4, 0.5) is 11.4 Å². The molecule has 0 aliphatic heterocycles. The van der Waals surface area contributed by atoms with Crippen LogP contribution in [0.1, 0.15) is 5.69 Å². The molecule has 1 aromatic heterocycles. The number of nitro groups is 1. The molecule has 2 N–H and O–H groups in total. The summed E-state index contributed by atoms with van der Waals surface area (Å²) in [5.74, 6) is -1.02. The van der Waals surface area contributed by atoms with E-state index in [-0.39, 0.29) is 18.8 Å². The van der Waals surface area contributed by atoms with Crippen LogP contribution in [-0.2, 0) is 17.9 Å². The Balaban J connectivity index is 2.04. The number of para-hydroxylation sites is 2. The number of benzene rings is 1. The van der Waals surface area contributed by atoms with Crippen molar-refractivity contribution in [2.45, 2.75) is 13.1 Å². The summed E-state index contributed by atoms with van der Waals surface area (Å²) in [6.07, 6.45) is 1.47. The number of anilines is 1. The third-order valence-corrected chi connectivity index (χ3v) is 2.44. The third kappa shape index (κ3) is 3.28. The summed E-state index contributed by atoms with van der Waals surface area (Å²) in [7, 11) is 0. The van der Waals surface area contributed by atoms with Gasteiger partial charge in [0.15, 0.2) is 0 Å². The van der Waals surface area contributed by atoms with E-state index in [1.807, 2.05) is 0 Å². The quantitative estimate of drug-likeness (QED) is 0.593. The van der Waals surface area contributed by atoms with Crippen LogP contribution in [0.5, 0.6) is 0 Å². The number of nitrogens with one attached hydrogen (secondary N) is 1. The van der Waals surface area contributed by atoms with Crippen molar-refractivity contribution in [3.05, 3.63) is 46.3 Å². The second-order valence-electron chi connectivity index (χ2n) is 3.93. The average molecular weight is 277 g/mol. The molecule has 0 radical (unpaired) electrons. The minimum atomic E-state index is -1.02. The molecule has 1 heterocycles. The Morgan fingerprint density at radius 3 is 2.90 bits per heavy atom. The molecule has 0 unspecified atom stereocenters. The molecule has 0 aliphatic rings.